The Morgan fingerprint density at radius 3 is 2.28 bits per heavy atom. The molecule has 1 unspecified atom stereocenters. The number of amides is 2. The van der Waals surface area contributed by atoms with E-state index in [2.05, 4.69) is 11.8 Å². The summed E-state index contributed by atoms with van der Waals surface area (Å²) in [6.45, 7) is 4.85. The highest BCUT2D eigenvalue weighted by atomic mass is 16.2. The lowest BCUT2D eigenvalue weighted by atomic mass is 10.1. The van der Waals surface area contributed by atoms with Gasteiger partial charge in [0.15, 0.2) is 0 Å². The number of carbonyl (C=O) groups excluding carboxylic acids is 2. The van der Waals surface area contributed by atoms with Crippen LogP contribution in [0.2, 0.25) is 0 Å². The van der Waals surface area contributed by atoms with Crippen molar-refractivity contribution in [2.75, 3.05) is 19.6 Å². The van der Waals surface area contributed by atoms with Gasteiger partial charge in [0.2, 0.25) is 0 Å². The predicted octanol–water partition coefficient (Wildman–Crippen LogP) is 1.38. The molecule has 4 nitrogen and oxygen atoms in total. The molecule has 1 atom stereocenters. The Kier molecular flexibility index (Phi) is 2.67. The molecule has 2 aliphatic heterocycles. The van der Waals surface area contributed by atoms with E-state index in [-0.39, 0.29) is 17.9 Å². The molecular weight excluding hydrogens is 228 g/mol. The van der Waals surface area contributed by atoms with E-state index in [0.29, 0.717) is 11.1 Å². The van der Waals surface area contributed by atoms with Crippen LogP contribution in [0.3, 0.4) is 0 Å². The Balaban J connectivity index is 1.89. The lowest BCUT2D eigenvalue weighted by Crippen LogP contribution is -2.41. The maximum absolute atomic E-state index is 12.3. The number of likely N-dealkylation sites (N-methyl/N-ethyl adjacent to an activating group) is 1. The second-order valence-electron chi connectivity index (χ2n) is 4.86. The minimum atomic E-state index is -0.126. The molecule has 0 aromatic heterocycles. The van der Waals surface area contributed by atoms with Gasteiger partial charge >= 0.3 is 0 Å². The summed E-state index contributed by atoms with van der Waals surface area (Å²) >= 11 is 0. The number of likely N-dealkylation sites (tertiary alicyclic amines) is 1. The summed E-state index contributed by atoms with van der Waals surface area (Å²) in [4.78, 5) is 28.3. The fourth-order valence-corrected chi connectivity index (χ4v) is 2.85. The zero-order valence-corrected chi connectivity index (χ0v) is 10.4. The van der Waals surface area contributed by atoms with Gasteiger partial charge in [-0.25, -0.2) is 0 Å². The van der Waals surface area contributed by atoms with Gasteiger partial charge < -0.3 is 4.90 Å². The summed E-state index contributed by atoms with van der Waals surface area (Å²) in [7, 11) is 0. The van der Waals surface area contributed by atoms with E-state index in [4.69, 9.17) is 0 Å². The molecule has 0 radical (unpaired) electrons. The number of benzene rings is 1. The van der Waals surface area contributed by atoms with Crippen LogP contribution >= 0.6 is 0 Å². The number of carbonyl (C=O) groups is 2. The Morgan fingerprint density at radius 1 is 1.17 bits per heavy atom. The van der Waals surface area contributed by atoms with Crippen LogP contribution in [-0.2, 0) is 0 Å². The second kappa shape index (κ2) is 4.21. The molecule has 2 amide bonds. The third-order valence-corrected chi connectivity index (χ3v) is 3.89. The summed E-state index contributed by atoms with van der Waals surface area (Å²) < 4.78 is 0. The van der Waals surface area contributed by atoms with Crippen LogP contribution in [-0.4, -0.2) is 47.3 Å². The second-order valence-corrected chi connectivity index (χ2v) is 4.86. The molecule has 1 aromatic carbocycles. The monoisotopic (exact) mass is 244 g/mol. The third-order valence-electron chi connectivity index (χ3n) is 3.89. The van der Waals surface area contributed by atoms with E-state index in [9.17, 15) is 9.59 Å². The molecule has 2 aliphatic rings. The Labute approximate surface area is 106 Å². The SMILES string of the molecule is CCN1CCC(N2C(=O)c3ccccc3C2=O)C1. The molecule has 3 rings (SSSR count). The largest absolute Gasteiger partial charge is 0.301 e. The molecule has 0 aliphatic carbocycles. The maximum atomic E-state index is 12.3. The Hall–Kier alpha value is -1.68. The van der Waals surface area contributed by atoms with Crippen LogP contribution in [0.5, 0.6) is 0 Å². The highest BCUT2D eigenvalue weighted by Gasteiger charge is 2.41. The third kappa shape index (κ3) is 1.56. The number of rotatable bonds is 2. The highest BCUT2D eigenvalue weighted by molar-refractivity contribution is 6.21. The highest BCUT2D eigenvalue weighted by Crippen LogP contribution is 2.27. The molecule has 1 fully saturated rings. The van der Waals surface area contributed by atoms with Crippen LogP contribution < -0.4 is 0 Å². The Bertz CT molecular complexity index is 477. The molecule has 0 N–H and O–H groups in total. The molecule has 2 heterocycles. The first-order valence-corrected chi connectivity index (χ1v) is 6.41. The lowest BCUT2D eigenvalue weighted by Gasteiger charge is -2.22. The zero-order chi connectivity index (χ0) is 12.7. The summed E-state index contributed by atoms with van der Waals surface area (Å²) in [6.07, 6.45) is 0.888. The van der Waals surface area contributed by atoms with E-state index >= 15 is 0 Å². The minimum absolute atomic E-state index is 0.0392. The molecule has 0 saturated carbocycles. The normalized spacial score (nSPS) is 23.8. The quantitative estimate of drug-likeness (QED) is 0.738. The minimum Gasteiger partial charge on any atom is -0.301 e. The van der Waals surface area contributed by atoms with E-state index in [0.717, 1.165) is 26.1 Å². The molecule has 94 valence electrons. The maximum Gasteiger partial charge on any atom is 0.261 e. The first-order chi connectivity index (χ1) is 8.72. The summed E-state index contributed by atoms with van der Waals surface area (Å²) in [5.41, 5.74) is 1.11. The zero-order valence-electron chi connectivity index (χ0n) is 10.4. The molecule has 0 bridgehead atoms. The van der Waals surface area contributed by atoms with Crippen molar-refractivity contribution >= 4 is 11.8 Å². The Morgan fingerprint density at radius 2 is 1.78 bits per heavy atom. The van der Waals surface area contributed by atoms with Gasteiger partial charge in [-0.05, 0) is 25.1 Å². The average molecular weight is 244 g/mol. The fourth-order valence-electron chi connectivity index (χ4n) is 2.85. The van der Waals surface area contributed by atoms with Crippen molar-refractivity contribution in [2.24, 2.45) is 0 Å². The summed E-state index contributed by atoms with van der Waals surface area (Å²) in [6, 6.07) is 7.13. The van der Waals surface area contributed by atoms with Crippen molar-refractivity contribution < 1.29 is 9.59 Å². The van der Waals surface area contributed by atoms with Crippen LogP contribution in [0.25, 0.3) is 0 Å². The smallest absolute Gasteiger partial charge is 0.261 e. The van der Waals surface area contributed by atoms with Gasteiger partial charge in [-0.15, -0.1) is 0 Å². The summed E-state index contributed by atoms with van der Waals surface area (Å²) in [5.74, 6) is -0.253. The van der Waals surface area contributed by atoms with Crippen molar-refractivity contribution in [1.82, 2.24) is 9.80 Å². The number of nitrogens with zero attached hydrogens (tertiary/aromatic N) is 2. The van der Waals surface area contributed by atoms with Gasteiger partial charge in [0.1, 0.15) is 0 Å². The van der Waals surface area contributed by atoms with Crippen molar-refractivity contribution in [3.8, 4) is 0 Å². The van der Waals surface area contributed by atoms with E-state index in [1.54, 1.807) is 24.3 Å². The fraction of sp³-hybridized carbons (Fsp3) is 0.429. The van der Waals surface area contributed by atoms with Crippen molar-refractivity contribution in [3.05, 3.63) is 35.4 Å². The van der Waals surface area contributed by atoms with Gasteiger partial charge in [0.25, 0.3) is 11.8 Å². The topological polar surface area (TPSA) is 40.6 Å². The van der Waals surface area contributed by atoms with Crippen molar-refractivity contribution in [2.45, 2.75) is 19.4 Å². The molecule has 18 heavy (non-hydrogen) atoms. The number of fused-ring (bicyclic) bond motifs is 1. The van der Waals surface area contributed by atoms with Crippen LogP contribution in [0.15, 0.2) is 24.3 Å². The van der Waals surface area contributed by atoms with E-state index in [1.165, 1.54) is 4.90 Å². The van der Waals surface area contributed by atoms with Gasteiger partial charge in [0, 0.05) is 13.1 Å². The van der Waals surface area contributed by atoms with E-state index < -0.39 is 0 Å². The van der Waals surface area contributed by atoms with Gasteiger partial charge in [0.05, 0.1) is 17.2 Å². The van der Waals surface area contributed by atoms with Crippen LogP contribution in [0, 0.1) is 0 Å². The lowest BCUT2D eigenvalue weighted by molar-refractivity contribution is 0.0589. The average Bonchev–Trinajstić information content (AvgIpc) is 2.95. The molecule has 1 saturated heterocycles. The molecule has 1 aromatic rings. The predicted molar refractivity (Wildman–Crippen MR) is 67.5 cm³/mol. The molecule has 4 heteroatoms. The molecule has 0 spiro atoms. The standard InChI is InChI=1S/C14H16N2O2/c1-2-15-8-7-10(9-15)16-13(17)11-5-3-4-6-12(11)14(16)18/h3-6,10H,2,7-9H2,1H3. The first kappa shape index (κ1) is 11.4. The molecular formula is C14H16N2O2. The van der Waals surface area contributed by atoms with E-state index in [1.807, 2.05) is 0 Å². The van der Waals surface area contributed by atoms with Crippen LogP contribution in [0.4, 0.5) is 0 Å². The van der Waals surface area contributed by atoms with Crippen molar-refractivity contribution in [3.63, 3.8) is 0 Å². The van der Waals surface area contributed by atoms with Gasteiger partial charge in [-0.2, -0.15) is 0 Å². The van der Waals surface area contributed by atoms with Crippen molar-refractivity contribution in [1.29, 1.82) is 0 Å². The number of imide groups is 1. The van der Waals surface area contributed by atoms with Gasteiger partial charge in [-0.1, -0.05) is 19.1 Å². The van der Waals surface area contributed by atoms with Gasteiger partial charge in [-0.3, -0.25) is 14.5 Å². The number of hydrogen-bond acceptors (Lipinski definition) is 3. The number of hydrogen-bond donors (Lipinski definition) is 0. The summed E-state index contributed by atoms with van der Waals surface area (Å²) in [5, 5.41) is 0. The van der Waals surface area contributed by atoms with Crippen LogP contribution in [0.1, 0.15) is 34.1 Å². The first-order valence-electron chi connectivity index (χ1n) is 6.41.